The fraction of sp³-hybridized carbons (Fsp3) is 0.474. The zero-order chi connectivity index (χ0) is 17.3. The first-order valence-electron chi connectivity index (χ1n) is 9.01. The summed E-state index contributed by atoms with van der Waals surface area (Å²) in [5.41, 5.74) is 1.00. The van der Waals surface area contributed by atoms with E-state index in [0.717, 1.165) is 63.0 Å². The smallest absolute Gasteiger partial charge is 0.191 e. The first kappa shape index (κ1) is 20.9. The van der Waals surface area contributed by atoms with Gasteiger partial charge in [0.15, 0.2) is 5.96 Å². The molecule has 142 valence electrons. The third-order valence-electron chi connectivity index (χ3n) is 4.31. The topological polar surface area (TPSA) is 61.8 Å². The van der Waals surface area contributed by atoms with Gasteiger partial charge in [0, 0.05) is 44.3 Å². The van der Waals surface area contributed by atoms with E-state index in [1.165, 1.54) is 5.39 Å². The highest BCUT2D eigenvalue weighted by Crippen LogP contribution is 2.16. The minimum Gasteiger partial charge on any atom is -0.379 e. The van der Waals surface area contributed by atoms with Crippen molar-refractivity contribution in [1.29, 1.82) is 0 Å². The Bertz CT molecular complexity index is 698. The zero-order valence-electron chi connectivity index (χ0n) is 15.3. The molecule has 1 aromatic heterocycles. The van der Waals surface area contributed by atoms with Crippen LogP contribution in [0.2, 0.25) is 0 Å². The van der Waals surface area contributed by atoms with Crippen LogP contribution in [0.3, 0.4) is 0 Å². The first-order valence-corrected chi connectivity index (χ1v) is 9.01. The van der Waals surface area contributed by atoms with E-state index in [9.17, 15) is 0 Å². The summed E-state index contributed by atoms with van der Waals surface area (Å²) in [5.74, 6) is 0.838. The van der Waals surface area contributed by atoms with E-state index in [4.69, 9.17) is 9.73 Å². The highest BCUT2D eigenvalue weighted by molar-refractivity contribution is 14.0. The summed E-state index contributed by atoms with van der Waals surface area (Å²) >= 11 is 0. The molecule has 26 heavy (non-hydrogen) atoms. The Kier molecular flexibility index (Phi) is 9.07. The van der Waals surface area contributed by atoms with Gasteiger partial charge in [-0.05, 0) is 18.4 Å². The van der Waals surface area contributed by atoms with Crippen molar-refractivity contribution < 1.29 is 4.74 Å². The van der Waals surface area contributed by atoms with Crippen molar-refractivity contribution in [3.8, 4) is 0 Å². The molecule has 0 bridgehead atoms. The summed E-state index contributed by atoms with van der Waals surface area (Å²) in [6.07, 6.45) is 1.85. The van der Waals surface area contributed by atoms with Gasteiger partial charge < -0.3 is 15.4 Å². The molecule has 2 heterocycles. The molecule has 0 radical (unpaired) electrons. The molecule has 1 saturated heterocycles. The Morgan fingerprint density at radius 2 is 2.00 bits per heavy atom. The molecule has 0 unspecified atom stereocenters. The number of hydrogen-bond acceptors (Lipinski definition) is 4. The van der Waals surface area contributed by atoms with Gasteiger partial charge in [0.25, 0.3) is 0 Å². The summed E-state index contributed by atoms with van der Waals surface area (Å²) < 4.78 is 5.38. The van der Waals surface area contributed by atoms with E-state index in [-0.39, 0.29) is 24.0 Å². The Morgan fingerprint density at radius 1 is 1.19 bits per heavy atom. The monoisotopic (exact) mass is 469 g/mol. The summed E-state index contributed by atoms with van der Waals surface area (Å²) in [5, 5.41) is 9.09. The van der Waals surface area contributed by atoms with Gasteiger partial charge >= 0.3 is 0 Å². The molecule has 0 saturated carbocycles. The summed E-state index contributed by atoms with van der Waals surface area (Å²) in [6, 6.07) is 10.3. The van der Waals surface area contributed by atoms with Gasteiger partial charge in [-0.1, -0.05) is 24.3 Å². The molecule has 0 spiro atoms. The molecule has 1 aliphatic rings. The number of nitrogens with one attached hydrogen (secondary N) is 2. The number of fused-ring (bicyclic) bond motifs is 1. The first-order chi connectivity index (χ1) is 12.4. The number of aromatic nitrogens is 1. The van der Waals surface area contributed by atoms with Gasteiger partial charge in [-0.15, -0.1) is 24.0 Å². The number of ether oxygens (including phenoxy) is 1. The van der Waals surface area contributed by atoms with Crippen molar-refractivity contribution in [3.05, 3.63) is 42.2 Å². The molecule has 1 aromatic carbocycles. The largest absolute Gasteiger partial charge is 0.379 e. The van der Waals surface area contributed by atoms with Crippen LogP contribution in [0.4, 0.5) is 0 Å². The van der Waals surface area contributed by atoms with Crippen molar-refractivity contribution >= 4 is 40.7 Å². The van der Waals surface area contributed by atoms with Crippen molar-refractivity contribution in [2.24, 2.45) is 4.99 Å². The molecule has 1 aliphatic heterocycles. The average Bonchev–Trinajstić information content (AvgIpc) is 2.67. The van der Waals surface area contributed by atoms with Crippen molar-refractivity contribution in [1.82, 2.24) is 20.5 Å². The van der Waals surface area contributed by atoms with Crippen LogP contribution in [0.1, 0.15) is 12.6 Å². The molecule has 0 amide bonds. The average molecular weight is 469 g/mol. The lowest BCUT2D eigenvalue weighted by Crippen LogP contribution is -2.44. The van der Waals surface area contributed by atoms with E-state index < -0.39 is 0 Å². The van der Waals surface area contributed by atoms with Gasteiger partial charge in [0.05, 0.1) is 25.5 Å². The van der Waals surface area contributed by atoms with E-state index in [2.05, 4.69) is 39.6 Å². The molecular weight excluding hydrogens is 441 g/mol. The number of rotatable bonds is 6. The van der Waals surface area contributed by atoms with Gasteiger partial charge in [-0.2, -0.15) is 0 Å². The van der Waals surface area contributed by atoms with Crippen LogP contribution in [-0.2, 0) is 11.3 Å². The van der Waals surface area contributed by atoms with Crippen molar-refractivity contribution in [2.45, 2.75) is 13.5 Å². The summed E-state index contributed by atoms with van der Waals surface area (Å²) in [6.45, 7) is 9.04. The highest BCUT2D eigenvalue weighted by atomic mass is 127. The number of hydrogen-bond donors (Lipinski definition) is 2. The van der Waals surface area contributed by atoms with Crippen molar-refractivity contribution in [3.63, 3.8) is 0 Å². The van der Waals surface area contributed by atoms with Crippen LogP contribution in [-0.4, -0.2) is 61.8 Å². The highest BCUT2D eigenvalue weighted by Gasteiger charge is 2.09. The van der Waals surface area contributed by atoms with E-state index in [0.29, 0.717) is 6.54 Å². The summed E-state index contributed by atoms with van der Waals surface area (Å²) in [7, 11) is 0. The SMILES string of the molecule is CCNC(=NCc1nccc2ccccc12)NCCN1CCOCC1.I. The maximum Gasteiger partial charge on any atom is 0.191 e. The van der Waals surface area contributed by atoms with Crippen LogP contribution in [0.25, 0.3) is 10.8 Å². The van der Waals surface area contributed by atoms with Crippen LogP contribution in [0.5, 0.6) is 0 Å². The standard InChI is InChI=1S/C19H27N5O.HI/c1-2-20-19(22-9-10-24-11-13-25-14-12-24)23-15-18-17-6-4-3-5-16(17)7-8-21-18;/h3-8H,2,9-15H2,1H3,(H2,20,22,23);1H. The number of pyridine rings is 1. The quantitative estimate of drug-likeness (QED) is 0.386. The molecule has 2 aromatic rings. The molecule has 0 atom stereocenters. The third-order valence-corrected chi connectivity index (χ3v) is 4.31. The second-order valence-corrected chi connectivity index (χ2v) is 6.05. The second-order valence-electron chi connectivity index (χ2n) is 6.05. The lowest BCUT2D eigenvalue weighted by atomic mass is 10.1. The van der Waals surface area contributed by atoms with Gasteiger partial charge in [0.1, 0.15) is 0 Å². The molecule has 1 fully saturated rings. The summed E-state index contributed by atoms with van der Waals surface area (Å²) in [4.78, 5) is 11.6. The lowest BCUT2D eigenvalue weighted by Gasteiger charge is -2.26. The number of guanidine groups is 1. The van der Waals surface area contributed by atoms with E-state index in [1.54, 1.807) is 0 Å². The predicted molar refractivity (Wildman–Crippen MR) is 117 cm³/mol. The lowest BCUT2D eigenvalue weighted by molar-refractivity contribution is 0.0389. The molecular formula is C19H28IN5O. The maximum absolute atomic E-state index is 5.38. The van der Waals surface area contributed by atoms with Gasteiger partial charge in [-0.3, -0.25) is 9.88 Å². The normalized spacial score (nSPS) is 15.5. The van der Waals surface area contributed by atoms with Gasteiger partial charge in [-0.25, -0.2) is 4.99 Å². The third kappa shape index (κ3) is 6.07. The van der Waals surface area contributed by atoms with Crippen LogP contribution in [0, 0.1) is 0 Å². The van der Waals surface area contributed by atoms with Crippen LogP contribution < -0.4 is 10.6 Å². The molecule has 7 heteroatoms. The van der Waals surface area contributed by atoms with E-state index >= 15 is 0 Å². The Hall–Kier alpha value is -1.45. The van der Waals surface area contributed by atoms with Crippen LogP contribution in [0.15, 0.2) is 41.5 Å². The molecule has 6 nitrogen and oxygen atoms in total. The zero-order valence-corrected chi connectivity index (χ0v) is 17.6. The predicted octanol–water partition coefficient (Wildman–Crippen LogP) is 2.24. The van der Waals surface area contributed by atoms with Crippen LogP contribution >= 0.6 is 24.0 Å². The fourth-order valence-electron chi connectivity index (χ4n) is 2.96. The second kappa shape index (κ2) is 11.3. The minimum absolute atomic E-state index is 0. The van der Waals surface area contributed by atoms with Gasteiger partial charge in [0.2, 0.25) is 0 Å². The Balaban J connectivity index is 0.00000243. The number of nitrogens with zero attached hydrogens (tertiary/aromatic N) is 3. The number of benzene rings is 1. The number of morpholine rings is 1. The minimum atomic E-state index is 0. The fourth-order valence-corrected chi connectivity index (χ4v) is 2.96. The van der Waals surface area contributed by atoms with E-state index in [1.807, 2.05) is 24.4 Å². The number of aliphatic imine (C=N–C) groups is 1. The molecule has 2 N–H and O–H groups in total. The Labute approximate surface area is 172 Å². The number of halogens is 1. The molecule has 3 rings (SSSR count). The van der Waals surface area contributed by atoms with Crippen molar-refractivity contribution in [2.75, 3.05) is 45.9 Å². The Morgan fingerprint density at radius 3 is 2.81 bits per heavy atom. The molecule has 0 aliphatic carbocycles. The maximum atomic E-state index is 5.38.